The summed E-state index contributed by atoms with van der Waals surface area (Å²) in [5.41, 5.74) is 8.50. The van der Waals surface area contributed by atoms with Gasteiger partial charge in [-0.15, -0.1) is 11.3 Å². The summed E-state index contributed by atoms with van der Waals surface area (Å²) in [6.45, 7) is 2.47. The summed E-state index contributed by atoms with van der Waals surface area (Å²) < 4.78 is 0. The number of carbonyl (C=O) groups excluding carboxylic acids is 1. The molecule has 0 aliphatic heterocycles. The van der Waals surface area contributed by atoms with Gasteiger partial charge in [0.15, 0.2) is 0 Å². The van der Waals surface area contributed by atoms with Crippen molar-refractivity contribution in [3.8, 4) is 0 Å². The maximum absolute atomic E-state index is 11.6. The van der Waals surface area contributed by atoms with E-state index >= 15 is 0 Å². The summed E-state index contributed by atoms with van der Waals surface area (Å²) in [5.74, 6) is 0.829. The van der Waals surface area contributed by atoms with E-state index in [2.05, 4.69) is 10.3 Å². The van der Waals surface area contributed by atoms with Gasteiger partial charge in [0.25, 0.3) is 0 Å². The number of hydrogen-bond acceptors (Lipinski definition) is 5. The minimum absolute atomic E-state index is 0.0816. The molecule has 0 aliphatic rings. The Labute approximate surface area is 104 Å². The maximum atomic E-state index is 11.6. The molecule has 0 bridgehead atoms. The van der Waals surface area contributed by atoms with Crippen molar-refractivity contribution >= 4 is 29.0 Å². The molecule has 4 nitrogen and oxygen atoms in total. The van der Waals surface area contributed by atoms with Crippen LogP contribution in [-0.2, 0) is 11.3 Å². The van der Waals surface area contributed by atoms with E-state index in [9.17, 15) is 4.79 Å². The normalized spacial score (nSPS) is 12.4. The number of nitrogens with one attached hydrogen (secondary N) is 1. The Morgan fingerprint density at radius 2 is 2.50 bits per heavy atom. The fraction of sp³-hybridized carbons (Fsp3) is 0.600. The molecule has 0 unspecified atom stereocenters. The lowest BCUT2D eigenvalue weighted by Crippen LogP contribution is -2.40. The van der Waals surface area contributed by atoms with Gasteiger partial charge in [-0.3, -0.25) is 4.79 Å². The Morgan fingerprint density at radius 3 is 3.06 bits per heavy atom. The van der Waals surface area contributed by atoms with E-state index in [4.69, 9.17) is 5.73 Å². The quantitative estimate of drug-likeness (QED) is 0.804. The molecule has 0 aromatic carbocycles. The Balaban J connectivity index is 2.32. The fourth-order valence-corrected chi connectivity index (χ4v) is 2.38. The highest BCUT2D eigenvalue weighted by molar-refractivity contribution is 7.98. The summed E-state index contributed by atoms with van der Waals surface area (Å²) in [6, 6.07) is -0.402. The molecule has 0 saturated carbocycles. The average molecular weight is 259 g/mol. The number of thiazole rings is 1. The molecule has 0 aliphatic carbocycles. The molecule has 16 heavy (non-hydrogen) atoms. The monoisotopic (exact) mass is 259 g/mol. The number of amides is 1. The van der Waals surface area contributed by atoms with Crippen molar-refractivity contribution in [2.45, 2.75) is 25.9 Å². The van der Waals surface area contributed by atoms with Crippen LogP contribution in [0.3, 0.4) is 0 Å². The molecule has 1 heterocycles. The summed E-state index contributed by atoms with van der Waals surface area (Å²) >= 11 is 3.25. The van der Waals surface area contributed by atoms with Crippen LogP contribution in [0, 0.1) is 6.92 Å². The molecule has 1 atom stereocenters. The smallest absolute Gasteiger partial charge is 0.237 e. The van der Waals surface area contributed by atoms with Crippen molar-refractivity contribution in [2.24, 2.45) is 5.73 Å². The van der Waals surface area contributed by atoms with Gasteiger partial charge >= 0.3 is 0 Å². The SMILES string of the molecule is CSCC[C@H](N)C(=O)NCc1scnc1C. The molecular weight excluding hydrogens is 242 g/mol. The summed E-state index contributed by atoms with van der Waals surface area (Å²) in [6.07, 6.45) is 2.72. The van der Waals surface area contributed by atoms with E-state index in [-0.39, 0.29) is 5.91 Å². The molecule has 1 rings (SSSR count). The van der Waals surface area contributed by atoms with Gasteiger partial charge in [0.2, 0.25) is 5.91 Å². The van der Waals surface area contributed by atoms with E-state index in [1.165, 1.54) is 0 Å². The molecule has 0 saturated heterocycles. The lowest BCUT2D eigenvalue weighted by Gasteiger charge is -2.10. The molecule has 90 valence electrons. The standard InChI is InChI=1S/C10H17N3OS2/c1-7-9(16-6-13-7)5-12-10(14)8(11)3-4-15-2/h6,8H,3-5,11H2,1-2H3,(H,12,14)/t8-/m0/s1. The van der Waals surface area contributed by atoms with E-state index in [0.717, 1.165) is 16.3 Å². The van der Waals surface area contributed by atoms with Crippen LogP contribution < -0.4 is 11.1 Å². The van der Waals surface area contributed by atoms with Gasteiger partial charge in [-0.25, -0.2) is 4.98 Å². The zero-order chi connectivity index (χ0) is 12.0. The molecule has 1 aromatic rings. The summed E-state index contributed by atoms with van der Waals surface area (Å²) in [4.78, 5) is 16.8. The molecule has 0 fully saturated rings. The molecule has 1 aromatic heterocycles. The van der Waals surface area contributed by atoms with Crippen LogP contribution in [0.5, 0.6) is 0 Å². The van der Waals surface area contributed by atoms with Crippen molar-refractivity contribution in [1.29, 1.82) is 0 Å². The highest BCUT2D eigenvalue weighted by Crippen LogP contribution is 2.11. The Bertz CT molecular complexity index is 341. The minimum atomic E-state index is -0.402. The summed E-state index contributed by atoms with van der Waals surface area (Å²) in [7, 11) is 0. The lowest BCUT2D eigenvalue weighted by atomic mass is 10.2. The minimum Gasteiger partial charge on any atom is -0.350 e. The first-order chi connectivity index (χ1) is 7.65. The number of rotatable bonds is 6. The first kappa shape index (κ1) is 13.5. The first-order valence-corrected chi connectivity index (χ1v) is 7.33. The largest absolute Gasteiger partial charge is 0.350 e. The van der Waals surface area contributed by atoms with Gasteiger partial charge in [-0.05, 0) is 25.4 Å². The highest BCUT2D eigenvalue weighted by Gasteiger charge is 2.13. The number of carbonyl (C=O) groups is 1. The Kier molecular flexibility index (Phi) is 5.79. The predicted octanol–water partition coefficient (Wildman–Crippen LogP) is 1.15. The van der Waals surface area contributed by atoms with Gasteiger partial charge in [0.05, 0.1) is 23.8 Å². The third kappa shape index (κ3) is 4.11. The molecule has 1 amide bonds. The maximum Gasteiger partial charge on any atom is 0.237 e. The van der Waals surface area contributed by atoms with Crippen LogP contribution in [0.15, 0.2) is 5.51 Å². The van der Waals surface area contributed by atoms with E-state index < -0.39 is 6.04 Å². The Morgan fingerprint density at radius 1 is 1.75 bits per heavy atom. The third-order valence-electron chi connectivity index (χ3n) is 2.24. The predicted molar refractivity (Wildman–Crippen MR) is 69.7 cm³/mol. The van der Waals surface area contributed by atoms with Gasteiger partial charge < -0.3 is 11.1 Å². The number of nitrogens with zero attached hydrogens (tertiary/aromatic N) is 1. The molecule has 6 heteroatoms. The highest BCUT2D eigenvalue weighted by atomic mass is 32.2. The average Bonchev–Trinajstić information content (AvgIpc) is 2.68. The second-order valence-electron chi connectivity index (χ2n) is 3.47. The fourth-order valence-electron chi connectivity index (χ4n) is 1.17. The number of aromatic nitrogens is 1. The number of nitrogens with two attached hydrogens (primary N) is 1. The molecule has 3 N–H and O–H groups in total. The zero-order valence-corrected chi connectivity index (χ0v) is 11.2. The third-order valence-corrected chi connectivity index (χ3v) is 3.82. The van der Waals surface area contributed by atoms with Crippen LogP contribution >= 0.6 is 23.1 Å². The van der Waals surface area contributed by atoms with E-state index in [1.807, 2.05) is 13.2 Å². The molecular formula is C10H17N3OS2. The van der Waals surface area contributed by atoms with Gasteiger partial charge in [-0.1, -0.05) is 0 Å². The second kappa shape index (κ2) is 6.88. The first-order valence-electron chi connectivity index (χ1n) is 5.06. The second-order valence-corrected chi connectivity index (χ2v) is 5.39. The lowest BCUT2D eigenvalue weighted by molar-refractivity contribution is -0.122. The summed E-state index contributed by atoms with van der Waals surface area (Å²) in [5, 5.41) is 2.83. The van der Waals surface area contributed by atoms with Crippen LogP contribution in [0.25, 0.3) is 0 Å². The van der Waals surface area contributed by atoms with Crippen molar-refractivity contribution in [2.75, 3.05) is 12.0 Å². The van der Waals surface area contributed by atoms with Crippen LogP contribution in [0.2, 0.25) is 0 Å². The molecule has 0 radical (unpaired) electrons. The zero-order valence-electron chi connectivity index (χ0n) is 9.53. The van der Waals surface area contributed by atoms with Gasteiger partial charge in [0, 0.05) is 4.88 Å². The van der Waals surface area contributed by atoms with Crippen LogP contribution in [0.4, 0.5) is 0 Å². The van der Waals surface area contributed by atoms with Crippen molar-refractivity contribution in [3.05, 3.63) is 16.1 Å². The number of thioether (sulfide) groups is 1. The number of aryl methyl sites for hydroxylation is 1. The van der Waals surface area contributed by atoms with Crippen LogP contribution in [0.1, 0.15) is 17.0 Å². The molecule has 0 spiro atoms. The Hall–Kier alpha value is -0.590. The van der Waals surface area contributed by atoms with Gasteiger partial charge in [-0.2, -0.15) is 11.8 Å². The van der Waals surface area contributed by atoms with Crippen LogP contribution in [-0.4, -0.2) is 28.9 Å². The topological polar surface area (TPSA) is 68.0 Å². The van der Waals surface area contributed by atoms with Crippen molar-refractivity contribution in [1.82, 2.24) is 10.3 Å². The van der Waals surface area contributed by atoms with E-state index in [0.29, 0.717) is 13.0 Å². The van der Waals surface area contributed by atoms with E-state index in [1.54, 1.807) is 28.6 Å². The van der Waals surface area contributed by atoms with Crippen molar-refractivity contribution in [3.63, 3.8) is 0 Å². The number of hydrogen-bond donors (Lipinski definition) is 2. The van der Waals surface area contributed by atoms with Crippen molar-refractivity contribution < 1.29 is 4.79 Å². The van der Waals surface area contributed by atoms with Gasteiger partial charge in [0.1, 0.15) is 0 Å².